The molecule has 0 aliphatic carbocycles. The fourth-order valence-corrected chi connectivity index (χ4v) is 4.70. The summed E-state index contributed by atoms with van der Waals surface area (Å²) in [4.78, 5) is 106. The van der Waals surface area contributed by atoms with Gasteiger partial charge in [-0.3, -0.25) is 43.3 Å². The third kappa shape index (κ3) is 14.3. The number of aromatic nitrogens is 1. The molecule has 284 valence electrons. The summed E-state index contributed by atoms with van der Waals surface area (Å²) in [5.41, 5.74) is 17.6. The van der Waals surface area contributed by atoms with Crippen LogP contribution >= 0.6 is 0 Å². The van der Waals surface area contributed by atoms with Gasteiger partial charge >= 0.3 is 11.9 Å². The molecule has 4 unspecified atom stereocenters. The molecular weight excluding hydrogens is 690 g/mol. The first-order valence-corrected chi connectivity index (χ1v) is 15.7. The zero-order chi connectivity index (χ0) is 38.8. The van der Waals surface area contributed by atoms with E-state index in [0.717, 1.165) is 10.9 Å². The van der Waals surface area contributed by atoms with E-state index in [4.69, 9.17) is 22.3 Å². The predicted molar refractivity (Wildman–Crippen MR) is 182 cm³/mol. The van der Waals surface area contributed by atoms with Crippen molar-refractivity contribution in [3.63, 3.8) is 0 Å². The lowest BCUT2D eigenvalue weighted by Crippen LogP contribution is -2.58. The number of amides is 6. The summed E-state index contributed by atoms with van der Waals surface area (Å²) in [6, 6.07) is 1.23. The summed E-state index contributed by atoms with van der Waals surface area (Å²) in [5.74, 6) is -8.80. The van der Waals surface area contributed by atoms with Crippen LogP contribution in [0.25, 0.3) is 10.9 Å². The molecule has 2 aromatic rings. The van der Waals surface area contributed by atoms with E-state index in [9.17, 15) is 48.6 Å². The predicted octanol–water partition coefficient (Wildman–Crippen LogP) is -5.55. The Bertz CT molecular complexity index is 1640. The Morgan fingerprint density at radius 1 is 0.750 bits per heavy atom. The minimum atomic E-state index is -1.78. The second-order valence-corrected chi connectivity index (χ2v) is 11.2. The number of rotatable bonds is 22. The second kappa shape index (κ2) is 21.0. The zero-order valence-electron chi connectivity index (χ0n) is 27.8. The fraction of sp³-hybridized carbons (Fsp3) is 0.433. The van der Waals surface area contributed by atoms with Crippen molar-refractivity contribution in [1.82, 2.24) is 36.9 Å². The molecule has 2 rings (SSSR count). The maximum Gasteiger partial charge on any atom is 0.322 e. The highest BCUT2D eigenvalue weighted by Gasteiger charge is 2.31. The first kappa shape index (κ1) is 41.9. The normalized spacial score (nSPS) is 13.0. The van der Waals surface area contributed by atoms with Gasteiger partial charge in [-0.15, -0.1) is 0 Å². The molecule has 22 nitrogen and oxygen atoms in total. The summed E-state index contributed by atoms with van der Waals surface area (Å²) in [6.45, 7) is -2.97. The van der Waals surface area contributed by atoms with E-state index in [0.29, 0.717) is 5.56 Å². The maximum atomic E-state index is 13.6. The molecular formula is C30H43N11O11. The number of aliphatic carboxylic acids is 2. The molecule has 0 aliphatic rings. The minimum absolute atomic E-state index is 0.0195. The molecule has 6 amide bonds. The summed E-state index contributed by atoms with van der Waals surface area (Å²) in [5, 5.41) is 41.7. The molecule has 0 radical (unpaired) electrons. The molecule has 4 atom stereocenters. The third-order valence-electron chi connectivity index (χ3n) is 7.20. The SMILES string of the molecule is NCC(=O)NC(Cc1c[nH]c2ccccc12)C(=O)NC(CCCN=C(N)N)C(=O)NC(CC(=O)O)C(=O)NCC(=O)NC(CO)C(=O)NCC(=O)O. The summed E-state index contributed by atoms with van der Waals surface area (Å²) in [6.07, 6.45) is 0.692. The van der Waals surface area contributed by atoms with Crippen molar-refractivity contribution in [1.29, 1.82) is 0 Å². The van der Waals surface area contributed by atoms with Gasteiger partial charge in [0.25, 0.3) is 0 Å². The number of aliphatic imine (C=N–C) groups is 1. The van der Waals surface area contributed by atoms with Crippen molar-refractivity contribution in [3.05, 3.63) is 36.0 Å². The Labute approximate surface area is 295 Å². The monoisotopic (exact) mass is 733 g/mol. The van der Waals surface area contributed by atoms with E-state index in [1.807, 2.05) is 17.4 Å². The number of aliphatic hydroxyl groups is 1. The number of carbonyl (C=O) groups is 8. The van der Waals surface area contributed by atoms with Crippen LogP contribution in [0.15, 0.2) is 35.5 Å². The van der Waals surface area contributed by atoms with Crippen LogP contribution in [-0.2, 0) is 44.8 Å². The van der Waals surface area contributed by atoms with E-state index >= 15 is 0 Å². The van der Waals surface area contributed by atoms with Crippen LogP contribution in [0.2, 0.25) is 0 Å². The van der Waals surface area contributed by atoms with Crippen molar-refractivity contribution < 1.29 is 53.7 Å². The number of aliphatic hydroxyl groups excluding tert-OH is 1. The number of aromatic amines is 1. The van der Waals surface area contributed by atoms with Crippen molar-refractivity contribution in [3.8, 4) is 0 Å². The molecule has 0 fully saturated rings. The van der Waals surface area contributed by atoms with Gasteiger partial charge in [-0.2, -0.15) is 0 Å². The van der Waals surface area contributed by atoms with E-state index < -0.39 is 104 Å². The lowest BCUT2D eigenvalue weighted by Gasteiger charge is -2.25. The van der Waals surface area contributed by atoms with Crippen LogP contribution < -0.4 is 49.1 Å². The number of para-hydroxylation sites is 1. The lowest BCUT2D eigenvalue weighted by molar-refractivity contribution is -0.141. The average molecular weight is 734 g/mol. The molecule has 1 heterocycles. The molecule has 0 spiro atoms. The van der Waals surface area contributed by atoms with Gasteiger partial charge in [-0.05, 0) is 24.5 Å². The number of nitrogens with one attached hydrogen (secondary N) is 7. The number of carboxylic acids is 2. The van der Waals surface area contributed by atoms with Gasteiger partial charge in [-0.25, -0.2) is 0 Å². The molecule has 0 aliphatic heterocycles. The maximum absolute atomic E-state index is 13.6. The Morgan fingerprint density at radius 2 is 1.37 bits per heavy atom. The highest BCUT2D eigenvalue weighted by molar-refractivity contribution is 5.97. The van der Waals surface area contributed by atoms with Crippen molar-refractivity contribution in [2.45, 2.75) is 49.9 Å². The number of carbonyl (C=O) groups excluding carboxylic acids is 6. The van der Waals surface area contributed by atoms with Gasteiger partial charge in [0.2, 0.25) is 35.4 Å². The van der Waals surface area contributed by atoms with Crippen LogP contribution in [0, 0.1) is 0 Å². The summed E-state index contributed by atoms with van der Waals surface area (Å²) >= 11 is 0. The molecule has 52 heavy (non-hydrogen) atoms. The van der Waals surface area contributed by atoms with Crippen LogP contribution in [-0.4, -0.2) is 131 Å². The van der Waals surface area contributed by atoms with Crippen LogP contribution in [0.4, 0.5) is 0 Å². The number of carboxylic acid groups (broad SMARTS) is 2. The Kier molecular flexibility index (Phi) is 16.9. The van der Waals surface area contributed by atoms with Gasteiger partial charge in [0.1, 0.15) is 30.7 Å². The highest BCUT2D eigenvalue weighted by atomic mass is 16.4. The molecule has 0 saturated heterocycles. The molecule has 16 N–H and O–H groups in total. The number of guanidine groups is 1. The van der Waals surface area contributed by atoms with Crippen molar-refractivity contribution in [2.24, 2.45) is 22.2 Å². The number of H-pyrrole nitrogens is 1. The fourth-order valence-electron chi connectivity index (χ4n) is 4.70. The number of nitrogens with two attached hydrogens (primary N) is 3. The van der Waals surface area contributed by atoms with Gasteiger partial charge in [-0.1, -0.05) is 18.2 Å². The largest absolute Gasteiger partial charge is 0.481 e. The second-order valence-electron chi connectivity index (χ2n) is 11.2. The molecule has 0 bridgehead atoms. The Morgan fingerprint density at radius 3 is 2.00 bits per heavy atom. The number of nitrogens with zero attached hydrogens (tertiary/aromatic N) is 1. The molecule has 1 aromatic heterocycles. The number of fused-ring (bicyclic) bond motifs is 1. The topological polar surface area (TPSA) is 376 Å². The van der Waals surface area contributed by atoms with E-state index in [1.54, 1.807) is 18.3 Å². The standard InChI is InChI=1S/C30H43N11O11/c31-10-22(43)38-19(8-15-11-35-17-5-2-1-4-16(15)17)29(52)40-18(6-3-7-34-30(32)33)28(51)41-20(9-24(45)46)26(49)36-12-23(44)39-21(14-42)27(50)37-13-25(47)48/h1-2,4-5,11,18-21,35,42H,3,6-10,12-14,31H2,(H,36,49)(H,37,50)(H,38,43)(H,39,44)(H,40,52)(H,41,51)(H,45,46)(H,47,48)(H4,32,33,34). The van der Waals surface area contributed by atoms with Crippen molar-refractivity contribution >= 4 is 64.2 Å². The van der Waals surface area contributed by atoms with Gasteiger partial charge < -0.3 is 69.4 Å². The zero-order valence-corrected chi connectivity index (χ0v) is 27.8. The van der Waals surface area contributed by atoms with Gasteiger partial charge in [0.15, 0.2) is 5.96 Å². The van der Waals surface area contributed by atoms with Gasteiger partial charge in [0, 0.05) is 30.1 Å². The molecule has 1 aromatic carbocycles. The Hall–Kier alpha value is -6.29. The first-order valence-electron chi connectivity index (χ1n) is 15.7. The third-order valence-corrected chi connectivity index (χ3v) is 7.20. The number of hydrogen-bond donors (Lipinski definition) is 13. The lowest BCUT2D eigenvalue weighted by atomic mass is 10.0. The number of hydrogen-bond acceptors (Lipinski definition) is 11. The van der Waals surface area contributed by atoms with Crippen molar-refractivity contribution in [2.75, 3.05) is 32.8 Å². The number of benzene rings is 1. The molecule has 22 heteroatoms. The van der Waals surface area contributed by atoms with Crippen LogP contribution in [0.3, 0.4) is 0 Å². The summed E-state index contributed by atoms with van der Waals surface area (Å²) < 4.78 is 0. The van der Waals surface area contributed by atoms with E-state index in [-0.39, 0.29) is 31.8 Å². The van der Waals surface area contributed by atoms with E-state index in [2.05, 4.69) is 36.6 Å². The highest BCUT2D eigenvalue weighted by Crippen LogP contribution is 2.19. The summed E-state index contributed by atoms with van der Waals surface area (Å²) in [7, 11) is 0. The quantitative estimate of drug-likeness (QED) is 0.0305. The first-order chi connectivity index (χ1) is 24.6. The Balaban J connectivity index is 2.22. The van der Waals surface area contributed by atoms with E-state index in [1.165, 1.54) is 0 Å². The molecule has 0 saturated carbocycles. The smallest absolute Gasteiger partial charge is 0.322 e. The van der Waals surface area contributed by atoms with Crippen LogP contribution in [0.5, 0.6) is 0 Å². The minimum Gasteiger partial charge on any atom is -0.481 e. The van der Waals surface area contributed by atoms with Gasteiger partial charge in [0.05, 0.1) is 26.1 Å². The van der Waals surface area contributed by atoms with Crippen LogP contribution in [0.1, 0.15) is 24.8 Å². The average Bonchev–Trinajstić information content (AvgIpc) is 3.51.